The van der Waals surface area contributed by atoms with E-state index in [2.05, 4.69) is 17.4 Å². The summed E-state index contributed by atoms with van der Waals surface area (Å²) in [4.78, 5) is 42.9. The molecule has 3 N–H and O–H groups in total. The van der Waals surface area contributed by atoms with Crippen LogP contribution in [-0.2, 0) is 20.8 Å². The van der Waals surface area contributed by atoms with Crippen LogP contribution in [0.1, 0.15) is 50.5 Å². The summed E-state index contributed by atoms with van der Waals surface area (Å²) in [5.74, 6) is -0.0836. The average Bonchev–Trinajstić information content (AvgIpc) is 3.39. The molecule has 1 aromatic carbocycles. The highest BCUT2D eigenvalue weighted by atomic mass is 16.2. The molecule has 3 fully saturated rings. The lowest BCUT2D eigenvalue weighted by molar-refractivity contribution is -0.145. The predicted molar refractivity (Wildman–Crippen MR) is 127 cm³/mol. The van der Waals surface area contributed by atoms with Crippen LogP contribution < -0.4 is 11.1 Å². The molecule has 0 spiro atoms. The first kappa shape index (κ1) is 23.7. The van der Waals surface area contributed by atoms with Gasteiger partial charge in [-0.25, -0.2) is 0 Å². The molecular formula is C26H38N4O3. The number of hydrogen-bond donors (Lipinski definition) is 2. The lowest BCUT2D eigenvalue weighted by atomic mass is 9.76. The summed E-state index contributed by atoms with van der Waals surface area (Å²) in [5.41, 5.74) is 6.82. The molecule has 180 valence electrons. The second-order valence-electron chi connectivity index (χ2n) is 10.0. The number of nitrogens with two attached hydrogens (primary N) is 1. The second-order valence-corrected chi connectivity index (χ2v) is 10.0. The van der Waals surface area contributed by atoms with E-state index in [0.717, 1.165) is 45.1 Å². The van der Waals surface area contributed by atoms with Gasteiger partial charge in [-0.1, -0.05) is 49.6 Å². The van der Waals surface area contributed by atoms with Crippen LogP contribution in [0.25, 0.3) is 0 Å². The number of amides is 3. The number of carbonyl (C=O) groups is 3. The van der Waals surface area contributed by atoms with E-state index in [1.807, 2.05) is 28.0 Å². The van der Waals surface area contributed by atoms with Gasteiger partial charge in [-0.3, -0.25) is 14.4 Å². The van der Waals surface area contributed by atoms with Crippen LogP contribution in [-0.4, -0.2) is 66.3 Å². The normalized spacial score (nSPS) is 25.2. The molecule has 3 amide bonds. The summed E-state index contributed by atoms with van der Waals surface area (Å²) in [6, 6.07) is 9.34. The third kappa shape index (κ3) is 5.24. The highest BCUT2D eigenvalue weighted by Crippen LogP contribution is 2.38. The van der Waals surface area contributed by atoms with Gasteiger partial charge in [0.2, 0.25) is 17.7 Å². The Morgan fingerprint density at radius 1 is 1.12 bits per heavy atom. The monoisotopic (exact) mass is 454 g/mol. The fourth-order valence-electron chi connectivity index (χ4n) is 6.17. The molecule has 0 bridgehead atoms. The maximum atomic E-state index is 13.9. The van der Waals surface area contributed by atoms with Gasteiger partial charge in [0.1, 0.15) is 6.04 Å². The molecule has 33 heavy (non-hydrogen) atoms. The van der Waals surface area contributed by atoms with Gasteiger partial charge in [0.15, 0.2) is 0 Å². The van der Waals surface area contributed by atoms with E-state index in [9.17, 15) is 14.4 Å². The van der Waals surface area contributed by atoms with Crippen LogP contribution >= 0.6 is 0 Å². The van der Waals surface area contributed by atoms with Crippen molar-refractivity contribution in [1.82, 2.24) is 15.1 Å². The number of primary amides is 1. The molecule has 2 heterocycles. The van der Waals surface area contributed by atoms with Crippen molar-refractivity contribution in [2.24, 2.45) is 23.5 Å². The molecule has 7 heteroatoms. The van der Waals surface area contributed by atoms with E-state index in [4.69, 9.17) is 5.73 Å². The van der Waals surface area contributed by atoms with E-state index in [0.29, 0.717) is 19.5 Å². The third-order valence-electron chi connectivity index (χ3n) is 8.06. The molecule has 3 aliphatic rings. The molecule has 1 aliphatic carbocycles. The number of likely N-dealkylation sites (tertiary alicyclic amines) is 2. The average molecular weight is 455 g/mol. The summed E-state index contributed by atoms with van der Waals surface area (Å²) >= 11 is 0. The van der Waals surface area contributed by atoms with Crippen LogP contribution in [0.5, 0.6) is 0 Å². The number of carbonyl (C=O) groups excluding carboxylic acids is 3. The van der Waals surface area contributed by atoms with E-state index >= 15 is 0 Å². The highest BCUT2D eigenvalue weighted by Gasteiger charge is 2.50. The number of nitrogens with zero attached hydrogens (tertiary/aromatic N) is 2. The van der Waals surface area contributed by atoms with Gasteiger partial charge in [-0.15, -0.1) is 0 Å². The van der Waals surface area contributed by atoms with Gasteiger partial charge < -0.3 is 20.9 Å². The molecule has 0 radical (unpaired) electrons. The first-order valence-corrected chi connectivity index (χ1v) is 12.6. The minimum Gasteiger partial charge on any atom is -0.368 e. The first-order chi connectivity index (χ1) is 16.0. The zero-order valence-corrected chi connectivity index (χ0v) is 19.7. The molecule has 4 atom stereocenters. The number of hydrogen-bond acceptors (Lipinski definition) is 4. The second kappa shape index (κ2) is 10.7. The summed E-state index contributed by atoms with van der Waals surface area (Å²) in [5, 5.41) is 2.99. The van der Waals surface area contributed by atoms with Gasteiger partial charge in [0.05, 0.1) is 6.04 Å². The maximum absolute atomic E-state index is 13.9. The summed E-state index contributed by atoms with van der Waals surface area (Å²) in [7, 11) is 1.72. The maximum Gasteiger partial charge on any atom is 0.245 e. The van der Waals surface area contributed by atoms with Crippen molar-refractivity contribution in [2.45, 2.75) is 63.5 Å². The number of fused-ring (bicyclic) bond motifs is 1. The van der Waals surface area contributed by atoms with Gasteiger partial charge in [-0.05, 0) is 50.6 Å². The minimum atomic E-state index is -0.527. The SMILES string of the molecule is CN[C@@H](CC(C(=O)N1CC[C@H]2CN(CCc3ccccc3)C(=O)[C@H]21)C1CCCCC1)C(N)=O. The smallest absolute Gasteiger partial charge is 0.245 e. The summed E-state index contributed by atoms with van der Waals surface area (Å²) in [6.07, 6.45) is 7.55. The van der Waals surface area contributed by atoms with Gasteiger partial charge in [0, 0.05) is 31.5 Å². The van der Waals surface area contributed by atoms with E-state index in [-0.39, 0.29) is 35.6 Å². The van der Waals surface area contributed by atoms with Crippen molar-refractivity contribution in [2.75, 3.05) is 26.7 Å². The zero-order chi connectivity index (χ0) is 23.4. The largest absolute Gasteiger partial charge is 0.368 e. The molecule has 0 aromatic heterocycles. The molecular weight excluding hydrogens is 416 g/mol. The molecule has 1 aromatic rings. The van der Waals surface area contributed by atoms with Crippen LogP contribution in [0.15, 0.2) is 30.3 Å². The summed E-state index contributed by atoms with van der Waals surface area (Å²) < 4.78 is 0. The topological polar surface area (TPSA) is 95.7 Å². The fourth-order valence-corrected chi connectivity index (χ4v) is 6.17. The minimum absolute atomic E-state index is 0.0501. The number of likely N-dealkylation sites (N-methyl/N-ethyl adjacent to an activating group) is 1. The molecule has 2 aliphatic heterocycles. The van der Waals surface area contributed by atoms with E-state index in [1.165, 1.54) is 12.0 Å². The fraction of sp³-hybridized carbons (Fsp3) is 0.654. The van der Waals surface area contributed by atoms with Crippen LogP contribution in [0.4, 0.5) is 0 Å². The highest BCUT2D eigenvalue weighted by molar-refractivity contribution is 5.91. The Labute approximate surface area is 197 Å². The molecule has 2 saturated heterocycles. The molecule has 7 nitrogen and oxygen atoms in total. The standard InChI is InChI=1S/C26H38N4O3/c1-28-22(24(27)31)16-21(19-10-6-3-7-11-19)25(32)30-15-13-20-17-29(26(33)23(20)30)14-12-18-8-4-2-5-9-18/h2,4-5,8-9,19-23,28H,3,6-7,10-17H2,1H3,(H2,27,31)/t20-,21?,22-,23-/m0/s1. The Kier molecular flexibility index (Phi) is 7.68. The lowest BCUT2D eigenvalue weighted by Gasteiger charge is -2.35. The Morgan fingerprint density at radius 2 is 1.85 bits per heavy atom. The van der Waals surface area contributed by atoms with E-state index < -0.39 is 11.9 Å². The van der Waals surface area contributed by atoms with Crippen molar-refractivity contribution in [3.8, 4) is 0 Å². The van der Waals surface area contributed by atoms with Gasteiger partial charge in [0.25, 0.3) is 0 Å². The Bertz CT molecular complexity index is 839. The number of benzene rings is 1. The lowest BCUT2D eigenvalue weighted by Crippen LogP contribution is -2.50. The van der Waals surface area contributed by atoms with E-state index in [1.54, 1.807) is 7.05 Å². The van der Waals surface area contributed by atoms with Gasteiger partial charge >= 0.3 is 0 Å². The molecule has 1 saturated carbocycles. The van der Waals surface area contributed by atoms with Crippen molar-refractivity contribution in [3.63, 3.8) is 0 Å². The first-order valence-electron chi connectivity index (χ1n) is 12.6. The Morgan fingerprint density at radius 3 is 2.52 bits per heavy atom. The Balaban J connectivity index is 1.46. The Hall–Kier alpha value is -2.41. The molecule has 4 rings (SSSR count). The molecule has 1 unspecified atom stereocenters. The number of rotatable bonds is 9. The van der Waals surface area contributed by atoms with Crippen LogP contribution in [0.2, 0.25) is 0 Å². The predicted octanol–water partition coefficient (Wildman–Crippen LogP) is 1.95. The van der Waals surface area contributed by atoms with Gasteiger partial charge in [-0.2, -0.15) is 0 Å². The zero-order valence-electron chi connectivity index (χ0n) is 19.7. The van der Waals surface area contributed by atoms with Crippen molar-refractivity contribution < 1.29 is 14.4 Å². The third-order valence-corrected chi connectivity index (χ3v) is 8.06. The van der Waals surface area contributed by atoms with Crippen molar-refractivity contribution in [1.29, 1.82) is 0 Å². The van der Waals surface area contributed by atoms with Crippen LogP contribution in [0.3, 0.4) is 0 Å². The van der Waals surface area contributed by atoms with Crippen molar-refractivity contribution >= 4 is 17.7 Å². The van der Waals surface area contributed by atoms with Crippen LogP contribution in [0, 0.1) is 17.8 Å². The number of nitrogens with one attached hydrogen (secondary N) is 1. The quantitative estimate of drug-likeness (QED) is 0.596. The summed E-state index contributed by atoms with van der Waals surface area (Å²) in [6.45, 7) is 2.05. The van der Waals surface area contributed by atoms with Crippen molar-refractivity contribution in [3.05, 3.63) is 35.9 Å².